The maximum atomic E-state index is 6.22. The second-order valence-corrected chi connectivity index (χ2v) is 7.49. The van der Waals surface area contributed by atoms with Crippen molar-refractivity contribution in [3.8, 4) is 0 Å². The predicted molar refractivity (Wildman–Crippen MR) is 111 cm³/mol. The summed E-state index contributed by atoms with van der Waals surface area (Å²) in [6.45, 7) is 4.46. The maximum absolute atomic E-state index is 6.22. The first kappa shape index (κ1) is 18.7. The predicted octanol–water partition coefficient (Wildman–Crippen LogP) is 2.36. The molecule has 0 radical (unpaired) electrons. The van der Waals surface area contributed by atoms with Gasteiger partial charge in [-0.05, 0) is 49.5 Å². The van der Waals surface area contributed by atoms with Gasteiger partial charge in [0.2, 0.25) is 5.95 Å². The molecule has 0 aromatic carbocycles. The van der Waals surface area contributed by atoms with Crippen LogP contribution in [0.25, 0.3) is 0 Å². The van der Waals surface area contributed by atoms with Crippen molar-refractivity contribution in [1.29, 1.82) is 0 Å². The van der Waals surface area contributed by atoms with Crippen molar-refractivity contribution < 1.29 is 0 Å². The van der Waals surface area contributed by atoms with Gasteiger partial charge >= 0.3 is 0 Å². The molecule has 3 unspecified atom stereocenters. The summed E-state index contributed by atoms with van der Waals surface area (Å²) < 4.78 is 0. The molecule has 138 valence electrons. The monoisotopic (exact) mass is 456 g/mol. The summed E-state index contributed by atoms with van der Waals surface area (Å²) >= 11 is 0. The summed E-state index contributed by atoms with van der Waals surface area (Å²) in [5.41, 5.74) is 6.22. The Morgan fingerprint density at radius 2 is 1.88 bits per heavy atom. The molecule has 7 heteroatoms. The Morgan fingerprint density at radius 1 is 1.12 bits per heavy atom. The third-order valence-electron chi connectivity index (χ3n) is 6.10. The number of aromatic nitrogens is 2. The molecular formula is C18H29IN6. The highest BCUT2D eigenvalue weighted by atomic mass is 127. The first-order valence-electron chi connectivity index (χ1n) is 9.36. The van der Waals surface area contributed by atoms with Gasteiger partial charge < -0.3 is 15.5 Å². The van der Waals surface area contributed by atoms with Gasteiger partial charge in [-0.1, -0.05) is 6.42 Å². The molecule has 2 saturated carbocycles. The first-order valence-corrected chi connectivity index (χ1v) is 9.36. The highest BCUT2D eigenvalue weighted by molar-refractivity contribution is 14.0. The van der Waals surface area contributed by atoms with Crippen molar-refractivity contribution in [3.63, 3.8) is 0 Å². The summed E-state index contributed by atoms with van der Waals surface area (Å²) in [5, 5.41) is 0. The van der Waals surface area contributed by atoms with Gasteiger partial charge in [-0.2, -0.15) is 0 Å². The fourth-order valence-corrected chi connectivity index (χ4v) is 4.77. The van der Waals surface area contributed by atoms with E-state index < -0.39 is 0 Å². The Morgan fingerprint density at radius 3 is 2.52 bits per heavy atom. The second-order valence-electron chi connectivity index (χ2n) is 7.49. The fourth-order valence-electron chi connectivity index (χ4n) is 4.77. The van der Waals surface area contributed by atoms with Crippen molar-refractivity contribution in [3.05, 3.63) is 18.5 Å². The van der Waals surface area contributed by atoms with Gasteiger partial charge in [-0.15, -0.1) is 24.0 Å². The van der Waals surface area contributed by atoms with Crippen molar-refractivity contribution in [2.45, 2.75) is 32.1 Å². The number of halogens is 1. The summed E-state index contributed by atoms with van der Waals surface area (Å²) in [6.07, 6.45) is 10.7. The Bertz CT molecular complexity index is 572. The average molecular weight is 456 g/mol. The van der Waals surface area contributed by atoms with E-state index in [0.717, 1.165) is 56.4 Å². The summed E-state index contributed by atoms with van der Waals surface area (Å²) in [7, 11) is 0. The fraction of sp³-hybridized carbons (Fsp3) is 0.722. The van der Waals surface area contributed by atoms with Gasteiger partial charge in [-0.25, -0.2) is 9.97 Å². The molecule has 3 fully saturated rings. The van der Waals surface area contributed by atoms with Crippen LogP contribution in [0.3, 0.4) is 0 Å². The minimum atomic E-state index is 0. The van der Waals surface area contributed by atoms with Crippen LogP contribution in [-0.2, 0) is 0 Å². The Hall–Kier alpha value is -1.12. The molecule has 1 aromatic rings. The first-order chi connectivity index (χ1) is 11.8. The average Bonchev–Trinajstić information content (AvgIpc) is 3.26. The van der Waals surface area contributed by atoms with Gasteiger partial charge in [0.1, 0.15) is 0 Å². The molecule has 0 spiro atoms. The second kappa shape index (κ2) is 8.51. The van der Waals surface area contributed by atoms with Gasteiger partial charge in [0.25, 0.3) is 0 Å². The number of rotatable bonds is 4. The zero-order chi connectivity index (χ0) is 16.4. The van der Waals surface area contributed by atoms with Gasteiger partial charge in [0.05, 0.1) is 0 Å². The lowest BCUT2D eigenvalue weighted by atomic mass is 9.86. The van der Waals surface area contributed by atoms with Crippen LogP contribution in [0.5, 0.6) is 0 Å². The molecule has 3 aliphatic rings. The minimum absolute atomic E-state index is 0. The van der Waals surface area contributed by atoms with Crippen LogP contribution in [0.2, 0.25) is 0 Å². The van der Waals surface area contributed by atoms with Crippen LogP contribution in [-0.4, -0.2) is 53.6 Å². The summed E-state index contributed by atoms with van der Waals surface area (Å²) in [4.78, 5) is 17.7. The molecule has 4 rings (SSSR count). The highest BCUT2D eigenvalue weighted by Crippen LogP contribution is 2.49. The molecule has 2 heterocycles. The lowest BCUT2D eigenvalue weighted by Crippen LogP contribution is -2.51. The Kier molecular flexibility index (Phi) is 6.35. The van der Waals surface area contributed by atoms with Crippen LogP contribution in [0.1, 0.15) is 32.1 Å². The van der Waals surface area contributed by atoms with Gasteiger partial charge in [0, 0.05) is 45.1 Å². The van der Waals surface area contributed by atoms with E-state index >= 15 is 0 Å². The van der Waals surface area contributed by atoms with E-state index in [1.54, 1.807) is 12.4 Å². The molecule has 2 N–H and O–H groups in total. The number of nitrogens with two attached hydrogens (primary N) is 1. The molecule has 25 heavy (non-hydrogen) atoms. The zero-order valence-corrected chi connectivity index (χ0v) is 17.1. The smallest absolute Gasteiger partial charge is 0.225 e. The van der Waals surface area contributed by atoms with Crippen LogP contribution in [0.15, 0.2) is 23.5 Å². The van der Waals surface area contributed by atoms with Crippen molar-refractivity contribution in [2.24, 2.45) is 28.5 Å². The molecule has 2 aliphatic carbocycles. The van der Waals surface area contributed by atoms with E-state index in [0.29, 0.717) is 5.96 Å². The maximum Gasteiger partial charge on any atom is 0.225 e. The summed E-state index contributed by atoms with van der Waals surface area (Å²) in [5.74, 6) is 4.44. The number of aliphatic imine (C=N–C) groups is 1. The van der Waals surface area contributed by atoms with Crippen LogP contribution in [0, 0.1) is 17.8 Å². The standard InChI is InChI=1S/C18H28N6.HI/c19-17(20-7-4-16-13-14-2-3-15(16)12-14)23-8-10-24(11-9-23)18-21-5-1-6-22-18;/h1,5-6,14-16H,2-4,7-13H2,(H2,19,20);1H. The molecule has 1 aliphatic heterocycles. The van der Waals surface area contributed by atoms with E-state index in [2.05, 4.69) is 24.8 Å². The van der Waals surface area contributed by atoms with Gasteiger partial charge in [0.15, 0.2) is 5.96 Å². The number of anilines is 1. The minimum Gasteiger partial charge on any atom is -0.370 e. The van der Waals surface area contributed by atoms with E-state index in [4.69, 9.17) is 5.73 Å². The number of fused-ring (bicyclic) bond motifs is 2. The van der Waals surface area contributed by atoms with E-state index in [-0.39, 0.29) is 24.0 Å². The van der Waals surface area contributed by atoms with Crippen molar-refractivity contribution >= 4 is 35.9 Å². The molecule has 1 aromatic heterocycles. The largest absolute Gasteiger partial charge is 0.370 e. The number of nitrogens with zero attached hydrogens (tertiary/aromatic N) is 5. The molecule has 3 atom stereocenters. The number of guanidine groups is 1. The molecule has 1 saturated heterocycles. The molecule has 2 bridgehead atoms. The number of hydrogen-bond donors (Lipinski definition) is 1. The molecule has 6 nitrogen and oxygen atoms in total. The highest BCUT2D eigenvalue weighted by Gasteiger charge is 2.38. The third kappa shape index (κ3) is 4.35. The van der Waals surface area contributed by atoms with E-state index in [1.807, 2.05) is 6.07 Å². The SMILES string of the molecule is I.NC(=NCCC1CC2CCC1C2)N1CCN(c2ncccn2)CC1. The van der Waals surface area contributed by atoms with Gasteiger partial charge in [-0.3, -0.25) is 4.99 Å². The quantitative estimate of drug-likeness (QED) is 0.428. The molecule has 0 amide bonds. The van der Waals surface area contributed by atoms with Crippen LogP contribution >= 0.6 is 24.0 Å². The third-order valence-corrected chi connectivity index (χ3v) is 6.10. The lowest BCUT2D eigenvalue weighted by Gasteiger charge is -2.35. The Labute approximate surface area is 167 Å². The van der Waals surface area contributed by atoms with Crippen molar-refractivity contribution in [1.82, 2.24) is 14.9 Å². The molecular weight excluding hydrogens is 427 g/mol. The topological polar surface area (TPSA) is 70.6 Å². The Balaban J connectivity index is 0.00000182. The van der Waals surface area contributed by atoms with Crippen LogP contribution in [0.4, 0.5) is 5.95 Å². The lowest BCUT2D eigenvalue weighted by molar-refractivity contribution is 0.317. The zero-order valence-electron chi connectivity index (χ0n) is 14.8. The number of piperazine rings is 1. The summed E-state index contributed by atoms with van der Waals surface area (Å²) in [6, 6.07) is 1.85. The number of hydrogen-bond acceptors (Lipinski definition) is 4. The van der Waals surface area contributed by atoms with E-state index in [1.165, 1.54) is 32.1 Å². The van der Waals surface area contributed by atoms with Crippen molar-refractivity contribution in [2.75, 3.05) is 37.6 Å². The normalized spacial score (nSPS) is 29.0. The van der Waals surface area contributed by atoms with Crippen LogP contribution < -0.4 is 10.6 Å². The van der Waals surface area contributed by atoms with E-state index in [9.17, 15) is 0 Å².